The summed E-state index contributed by atoms with van der Waals surface area (Å²) in [6.07, 6.45) is 6.62. The van der Waals surface area contributed by atoms with Crippen LogP contribution in [0, 0.1) is 0 Å². The topological polar surface area (TPSA) is 47.3 Å². The highest BCUT2D eigenvalue weighted by molar-refractivity contribution is 5.38. The van der Waals surface area contributed by atoms with E-state index in [2.05, 4.69) is 11.1 Å². The van der Waals surface area contributed by atoms with Crippen molar-refractivity contribution in [2.75, 3.05) is 7.11 Å². The summed E-state index contributed by atoms with van der Waals surface area (Å²) in [5.74, 6) is 1.78. The van der Waals surface area contributed by atoms with Gasteiger partial charge >= 0.3 is 0 Å². The van der Waals surface area contributed by atoms with Crippen molar-refractivity contribution in [3.05, 3.63) is 47.5 Å². The van der Waals surface area contributed by atoms with E-state index >= 15 is 0 Å². The van der Waals surface area contributed by atoms with Crippen molar-refractivity contribution in [1.82, 2.24) is 9.55 Å². The third-order valence-corrected chi connectivity index (χ3v) is 4.20. The Kier molecular flexibility index (Phi) is 3.26. The molecule has 4 heteroatoms. The fourth-order valence-electron chi connectivity index (χ4n) is 2.96. The van der Waals surface area contributed by atoms with Gasteiger partial charge in [0, 0.05) is 32.3 Å². The molecule has 1 atom stereocenters. The summed E-state index contributed by atoms with van der Waals surface area (Å²) < 4.78 is 7.25. The molecule has 1 N–H and O–H groups in total. The zero-order chi connectivity index (χ0) is 14.2. The maximum atomic E-state index is 10.9. The lowest BCUT2D eigenvalue weighted by Gasteiger charge is -2.33. The lowest BCUT2D eigenvalue weighted by molar-refractivity contribution is 0.0242. The zero-order valence-electron chi connectivity index (χ0n) is 12.0. The summed E-state index contributed by atoms with van der Waals surface area (Å²) in [5.41, 5.74) is 1.79. The highest BCUT2D eigenvalue weighted by Gasteiger charge is 2.33. The van der Waals surface area contributed by atoms with E-state index in [4.69, 9.17) is 4.74 Å². The zero-order valence-corrected chi connectivity index (χ0v) is 12.0. The first kappa shape index (κ1) is 13.2. The number of imidazole rings is 1. The Morgan fingerprint density at radius 2 is 2.25 bits per heavy atom. The molecule has 4 nitrogen and oxygen atoms in total. The van der Waals surface area contributed by atoms with Crippen LogP contribution in [0.4, 0.5) is 0 Å². The van der Waals surface area contributed by atoms with Crippen molar-refractivity contribution in [2.45, 2.75) is 31.3 Å². The second kappa shape index (κ2) is 4.94. The first-order chi connectivity index (χ1) is 9.59. The molecule has 0 amide bonds. The molecule has 0 spiro atoms. The summed E-state index contributed by atoms with van der Waals surface area (Å²) in [6.45, 7) is 0. The molecule has 0 radical (unpaired) electrons. The standard InChI is InChI=1S/C16H20N2O2/c1-18-8-7-17-15(18)11-16(19)6-5-12-3-4-14(20-2)9-13(12)10-16/h3-4,7-9,19H,5-6,10-11H2,1-2H3. The van der Waals surface area contributed by atoms with Gasteiger partial charge in [-0.15, -0.1) is 0 Å². The Balaban J connectivity index is 1.84. The molecule has 1 heterocycles. The van der Waals surface area contributed by atoms with E-state index in [9.17, 15) is 5.11 Å². The van der Waals surface area contributed by atoms with Gasteiger partial charge in [-0.05, 0) is 36.1 Å². The average molecular weight is 272 g/mol. The largest absolute Gasteiger partial charge is 0.497 e. The number of hydrogen-bond acceptors (Lipinski definition) is 3. The van der Waals surface area contributed by atoms with E-state index < -0.39 is 5.60 Å². The molecule has 20 heavy (non-hydrogen) atoms. The van der Waals surface area contributed by atoms with Gasteiger partial charge < -0.3 is 14.4 Å². The van der Waals surface area contributed by atoms with Gasteiger partial charge in [0.2, 0.25) is 0 Å². The van der Waals surface area contributed by atoms with Crippen LogP contribution in [0.2, 0.25) is 0 Å². The van der Waals surface area contributed by atoms with Crippen LogP contribution >= 0.6 is 0 Å². The molecule has 0 fully saturated rings. The molecule has 0 bridgehead atoms. The van der Waals surface area contributed by atoms with Crippen LogP contribution in [0.25, 0.3) is 0 Å². The number of aliphatic hydroxyl groups is 1. The Morgan fingerprint density at radius 3 is 2.95 bits per heavy atom. The van der Waals surface area contributed by atoms with Crippen molar-refractivity contribution in [2.24, 2.45) is 7.05 Å². The van der Waals surface area contributed by atoms with E-state index in [1.807, 2.05) is 29.9 Å². The molecule has 0 saturated heterocycles. The Hall–Kier alpha value is -1.81. The highest BCUT2D eigenvalue weighted by Crippen LogP contribution is 2.33. The quantitative estimate of drug-likeness (QED) is 0.928. The number of hydrogen-bond donors (Lipinski definition) is 1. The van der Waals surface area contributed by atoms with Crippen molar-refractivity contribution in [3.8, 4) is 5.75 Å². The smallest absolute Gasteiger partial charge is 0.119 e. The van der Waals surface area contributed by atoms with Crippen LogP contribution < -0.4 is 4.74 Å². The molecule has 106 valence electrons. The minimum atomic E-state index is -0.710. The second-order valence-corrected chi connectivity index (χ2v) is 5.67. The Bertz CT molecular complexity index is 621. The van der Waals surface area contributed by atoms with E-state index in [1.54, 1.807) is 13.3 Å². The van der Waals surface area contributed by atoms with Crippen LogP contribution in [0.3, 0.4) is 0 Å². The first-order valence-corrected chi connectivity index (χ1v) is 6.94. The van der Waals surface area contributed by atoms with Crippen LogP contribution in [0.15, 0.2) is 30.6 Å². The molecular weight excluding hydrogens is 252 g/mol. The van der Waals surface area contributed by atoms with Crippen LogP contribution in [0.1, 0.15) is 23.4 Å². The fraction of sp³-hybridized carbons (Fsp3) is 0.438. The molecule has 1 unspecified atom stereocenters. The number of aryl methyl sites for hydroxylation is 2. The minimum absolute atomic E-state index is 0.590. The van der Waals surface area contributed by atoms with Crippen molar-refractivity contribution in [1.29, 1.82) is 0 Å². The SMILES string of the molecule is COc1ccc2c(c1)CC(O)(Cc1nccn1C)CC2. The lowest BCUT2D eigenvalue weighted by Crippen LogP contribution is -2.38. The molecule has 2 aromatic rings. The first-order valence-electron chi connectivity index (χ1n) is 6.94. The predicted octanol–water partition coefficient (Wildman–Crippen LogP) is 1.89. The fourth-order valence-corrected chi connectivity index (χ4v) is 2.96. The minimum Gasteiger partial charge on any atom is -0.497 e. The van der Waals surface area contributed by atoms with Gasteiger partial charge in [0.15, 0.2) is 0 Å². The normalized spacial score (nSPS) is 21.6. The summed E-state index contributed by atoms with van der Waals surface area (Å²) in [5, 5.41) is 10.9. The molecule has 1 aliphatic rings. The third-order valence-electron chi connectivity index (χ3n) is 4.20. The summed E-state index contributed by atoms with van der Waals surface area (Å²) in [4.78, 5) is 4.32. The monoisotopic (exact) mass is 272 g/mol. The number of benzene rings is 1. The molecule has 1 aliphatic carbocycles. The maximum absolute atomic E-state index is 10.9. The summed E-state index contributed by atoms with van der Waals surface area (Å²) >= 11 is 0. The predicted molar refractivity (Wildman–Crippen MR) is 76.9 cm³/mol. The molecule has 0 saturated carbocycles. The van der Waals surface area contributed by atoms with Crippen LogP contribution in [-0.4, -0.2) is 27.4 Å². The van der Waals surface area contributed by atoms with Gasteiger partial charge in [0.1, 0.15) is 11.6 Å². The van der Waals surface area contributed by atoms with Gasteiger partial charge in [-0.25, -0.2) is 4.98 Å². The van der Waals surface area contributed by atoms with Crippen LogP contribution in [0.5, 0.6) is 5.75 Å². The van der Waals surface area contributed by atoms with Gasteiger partial charge in [-0.1, -0.05) is 6.07 Å². The highest BCUT2D eigenvalue weighted by atomic mass is 16.5. The molecule has 3 rings (SSSR count). The number of ether oxygens (including phenoxy) is 1. The van der Waals surface area contributed by atoms with Crippen molar-refractivity contribution in [3.63, 3.8) is 0 Å². The van der Waals surface area contributed by atoms with E-state index in [0.717, 1.165) is 24.4 Å². The van der Waals surface area contributed by atoms with Gasteiger partial charge in [-0.3, -0.25) is 0 Å². The summed E-state index contributed by atoms with van der Waals surface area (Å²) in [7, 11) is 3.64. The van der Waals surface area contributed by atoms with E-state index in [1.165, 1.54) is 11.1 Å². The lowest BCUT2D eigenvalue weighted by atomic mass is 9.78. The second-order valence-electron chi connectivity index (χ2n) is 5.67. The van der Waals surface area contributed by atoms with E-state index in [-0.39, 0.29) is 0 Å². The van der Waals surface area contributed by atoms with Gasteiger partial charge in [0.05, 0.1) is 12.7 Å². The Labute approximate surface area is 119 Å². The van der Waals surface area contributed by atoms with Crippen molar-refractivity contribution < 1.29 is 9.84 Å². The molecular formula is C16H20N2O2. The maximum Gasteiger partial charge on any atom is 0.119 e. The van der Waals surface area contributed by atoms with Gasteiger partial charge in [-0.2, -0.15) is 0 Å². The molecule has 0 aliphatic heterocycles. The summed E-state index contributed by atoms with van der Waals surface area (Å²) in [6, 6.07) is 6.13. The average Bonchev–Trinajstić information content (AvgIpc) is 2.83. The van der Waals surface area contributed by atoms with E-state index in [0.29, 0.717) is 12.8 Å². The number of methoxy groups -OCH3 is 1. The molecule has 1 aromatic carbocycles. The van der Waals surface area contributed by atoms with Gasteiger partial charge in [0.25, 0.3) is 0 Å². The van der Waals surface area contributed by atoms with Crippen molar-refractivity contribution >= 4 is 0 Å². The molecule has 1 aromatic heterocycles. The van der Waals surface area contributed by atoms with Crippen LogP contribution in [-0.2, 0) is 26.3 Å². The third kappa shape index (κ3) is 2.43. The number of rotatable bonds is 3. The number of fused-ring (bicyclic) bond motifs is 1. The number of nitrogens with zero attached hydrogens (tertiary/aromatic N) is 2. The Morgan fingerprint density at radius 1 is 1.40 bits per heavy atom. The number of aromatic nitrogens is 2.